The number of fused-ring (bicyclic) bond motifs is 3. The fraction of sp³-hybridized carbons (Fsp3) is 0.480. The number of rotatable bonds is 8. The first-order valence-corrected chi connectivity index (χ1v) is 24.5. The van der Waals surface area contributed by atoms with Crippen molar-refractivity contribution < 1.29 is 82.2 Å². The van der Waals surface area contributed by atoms with Crippen molar-refractivity contribution in [3.63, 3.8) is 0 Å². The molecule has 3 fully saturated rings. The summed E-state index contributed by atoms with van der Waals surface area (Å²) in [6.45, 7) is 3.19. The summed E-state index contributed by atoms with van der Waals surface area (Å²) in [5.74, 6) is -8.00. The molecule has 0 aliphatic carbocycles. The van der Waals surface area contributed by atoms with Crippen LogP contribution in [0, 0.1) is 23.4 Å². The average molecular weight is 1100 g/mol. The van der Waals surface area contributed by atoms with E-state index in [2.05, 4.69) is 25.1 Å². The number of cyclic esters (lactones) is 1. The van der Waals surface area contributed by atoms with E-state index in [0.29, 0.717) is 6.42 Å². The number of nitrogens with zero attached hydrogens (tertiary/aromatic N) is 7. The molecule has 7 heterocycles. The molecule has 4 aliphatic heterocycles. The number of allylic oxidation sites excluding steroid dienone is 6. The van der Waals surface area contributed by atoms with Crippen molar-refractivity contribution in [2.24, 2.45) is 11.7 Å². The number of hydrogen-bond donors (Lipinski definition) is 10. The van der Waals surface area contributed by atoms with E-state index in [0.717, 1.165) is 18.3 Å². The van der Waals surface area contributed by atoms with Gasteiger partial charge in [-0.15, -0.1) is 0 Å². The highest BCUT2D eigenvalue weighted by atomic mass is 19.1. The number of aliphatic hydroxyl groups excluding tert-OH is 4. The number of nitrogens with two attached hydrogens (primary N) is 2. The quantitative estimate of drug-likeness (QED) is 0.0840. The lowest BCUT2D eigenvalue weighted by atomic mass is 9.83. The number of halogens is 3. The predicted molar refractivity (Wildman–Crippen MR) is 265 cm³/mol. The molecule has 0 unspecified atom stereocenters. The van der Waals surface area contributed by atoms with Gasteiger partial charge in [0.15, 0.2) is 17.9 Å². The fourth-order valence-electron chi connectivity index (χ4n) is 8.65. The van der Waals surface area contributed by atoms with E-state index in [1.807, 2.05) is 11.1 Å². The number of carboxylic acids is 1. The van der Waals surface area contributed by atoms with Crippen LogP contribution in [0.5, 0.6) is 0 Å². The highest BCUT2D eigenvalue weighted by Crippen LogP contribution is 2.39. The third kappa shape index (κ3) is 17.6. The second kappa shape index (κ2) is 27.7. The molecule has 8 rings (SSSR count). The zero-order valence-electron chi connectivity index (χ0n) is 42.2. The number of esters is 1. The number of ether oxygens (including phenoxy) is 5. The summed E-state index contributed by atoms with van der Waals surface area (Å²) in [5.41, 5.74) is 8.53. The number of carboxylic acid groups (broad SMARTS) is 1. The summed E-state index contributed by atoms with van der Waals surface area (Å²) in [7, 11) is 0. The SMILES string of the molecule is C[C@@H]1C/C=C/C=C/C=C/C=C/[C@H](O[C@@H]2O[C@H](C)[C@@H](O)[C@H](N)[C@@H]2O)C[C@@H]2O[C@](O)(C[C@@H](O)C[C@H]3O[C@@H]3/C=C/C(=O)O1)C[C@H](O)[C@H]2C(=O)O.Nc1[nH]c(=O)ncc1F.OC(Cn1cncn1)(Cn1cncn1)c1ccc(F)cc1F. The minimum absolute atomic E-state index is 0.0556. The first-order chi connectivity index (χ1) is 37.0. The van der Waals surface area contributed by atoms with E-state index >= 15 is 0 Å². The monoisotopic (exact) mass is 1100 g/mol. The van der Waals surface area contributed by atoms with E-state index in [1.54, 1.807) is 56.4 Å². The number of anilines is 1. The molecular formula is C50H63F3N10O15. The van der Waals surface area contributed by atoms with Gasteiger partial charge in [-0.2, -0.15) is 15.2 Å². The maximum atomic E-state index is 14.1. The van der Waals surface area contributed by atoms with E-state index in [9.17, 15) is 63.3 Å². The Morgan fingerprint density at radius 1 is 0.897 bits per heavy atom. The molecule has 424 valence electrons. The van der Waals surface area contributed by atoms with Crippen molar-refractivity contribution in [2.45, 2.75) is 144 Å². The van der Waals surface area contributed by atoms with Crippen LogP contribution in [0.2, 0.25) is 0 Å². The Bertz CT molecular complexity index is 2750. The van der Waals surface area contributed by atoms with Crippen LogP contribution in [0.3, 0.4) is 0 Å². The topological polar surface area (TPSA) is 384 Å². The zero-order chi connectivity index (χ0) is 56.7. The molecule has 28 heteroatoms. The molecule has 3 saturated heterocycles. The summed E-state index contributed by atoms with van der Waals surface area (Å²) in [6.07, 6.45) is 11.4. The molecule has 25 nitrogen and oxygen atoms in total. The number of nitrogen functional groups attached to an aromatic ring is 1. The molecule has 12 N–H and O–H groups in total. The van der Waals surface area contributed by atoms with Gasteiger partial charge >= 0.3 is 17.6 Å². The maximum absolute atomic E-state index is 14.1. The Morgan fingerprint density at radius 3 is 2.18 bits per heavy atom. The zero-order valence-corrected chi connectivity index (χ0v) is 42.2. The molecule has 0 spiro atoms. The van der Waals surface area contributed by atoms with Crippen LogP contribution >= 0.6 is 0 Å². The Labute approximate surface area is 443 Å². The molecular weight excluding hydrogens is 1040 g/mol. The van der Waals surface area contributed by atoms with Crippen LogP contribution in [0.25, 0.3) is 0 Å². The van der Waals surface area contributed by atoms with E-state index in [4.69, 9.17) is 35.2 Å². The first kappa shape index (κ1) is 60.4. The van der Waals surface area contributed by atoms with Gasteiger partial charge in [-0.1, -0.05) is 54.7 Å². The number of aromatic amines is 1. The lowest BCUT2D eigenvalue weighted by Crippen LogP contribution is -2.61. The van der Waals surface area contributed by atoms with Gasteiger partial charge in [0, 0.05) is 49.8 Å². The van der Waals surface area contributed by atoms with Gasteiger partial charge in [-0.05, 0) is 26.0 Å². The number of aliphatic hydroxyl groups is 6. The number of hydrogen-bond acceptors (Lipinski definition) is 21. The number of nitrogens with one attached hydrogen (secondary N) is 1. The highest BCUT2D eigenvalue weighted by Gasteiger charge is 2.51. The van der Waals surface area contributed by atoms with Gasteiger partial charge in [-0.3, -0.25) is 9.78 Å². The van der Waals surface area contributed by atoms with Crippen LogP contribution in [0.4, 0.5) is 19.0 Å². The highest BCUT2D eigenvalue weighted by molar-refractivity contribution is 5.82. The average Bonchev–Trinajstić information content (AvgIpc) is 3.64. The summed E-state index contributed by atoms with van der Waals surface area (Å²) >= 11 is 0. The number of aliphatic carboxylic acids is 1. The molecule has 0 amide bonds. The van der Waals surface area contributed by atoms with Crippen molar-refractivity contribution in [3.8, 4) is 0 Å². The van der Waals surface area contributed by atoms with Gasteiger partial charge in [0.2, 0.25) is 0 Å². The second-order valence-corrected chi connectivity index (χ2v) is 18.9. The second-order valence-electron chi connectivity index (χ2n) is 18.9. The molecule has 2 bridgehead atoms. The van der Waals surface area contributed by atoms with Gasteiger partial charge in [0.1, 0.15) is 72.6 Å². The van der Waals surface area contributed by atoms with E-state index in [-0.39, 0.29) is 49.8 Å². The number of aromatic nitrogens is 8. The number of benzene rings is 1. The van der Waals surface area contributed by atoms with Crippen molar-refractivity contribution in [1.82, 2.24) is 39.5 Å². The summed E-state index contributed by atoms with van der Waals surface area (Å²) in [4.78, 5) is 47.3. The number of carbonyl (C=O) groups is 2. The Morgan fingerprint density at radius 2 is 1.56 bits per heavy atom. The third-order valence-corrected chi connectivity index (χ3v) is 12.6. The molecule has 1 aromatic carbocycles. The van der Waals surface area contributed by atoms with E-state index < -0.39 is 126 Å². The number of carbonyl (C=O) groups excluding carboxylic acids is 1. The van der Waals surface area contributed by atoms with Crippen LogP contribution in [0.1, 0.15) is 51.5 Å². The van der Waals surface area contributed by atoms with Crippen LogP contribution < -0.4 is 17.2 Å². The fourth-order valence-corrected chi connectivity index (χ4v) is 8.65. The lowest BCUT2D eigenvalue weighted by Gasteiger charge is -2.45. The molecule has 0 saturated carbocycles. The summed E-state index contributed by atoms with van der Waals surface area (Å²) in [6, 6.07) is 1.94. The Balaban J connectivity index is 0.000000258. The molecule has 78 heavy (non-hydrogen) atoms. The lowest BCUT2D eigenvalue weighted by molar-refractivity contribution is -0.308. The van der Waals surface area contributed by atoms with Crippen molar-refractivity contribution in [3.05, 3.63) is 144 Å². The Kier molecular flexibility index (Phi) is 21.4. The third-order valence-electron chi connectivity index (χ3n) is 12.6. The van der Waals surface area contributed by atoms with Crippen LogP contribution in [0.15, 0.2) is 115 Å². The molecule has 14 atom stereocenters. The molecule has 4 aromatic rings. The minimum atomic E-state index is -2.10. The van der Waals surface area contributed by atoms with Crippen molar-refractivity contribution in [2.75, 3.05) is 5.73 Å². The van der Waals surface area contributed by atoms with Crippen molar-refractivity contribution in [1.29, 1.82) is 0 Å². The first-order valence-electron chi connectivity index (χ1n) is 24.5. The van der Waals surface area contributed by atoms with Gasteiger partial charge in [0.05, 0.1) is 68.1 Å². The number of epoxide rings is 1. The molecule has 3 aromatic heterocycles. The Hall–Kier alpha value is -6.83. The normalized spacial score (nSPS) is 32.9. The standard InChI is InChI=1S/C33H47NO13.C13H12F2N6O.C4H4FN3O/c1-18-10-8-6-4-3-5-7-9-11-21(45-32-30(39)28(34)29(38)19(2)44-32)15-25-27(31(40)41)22(36)17-33(42,47-25)16-20(35)14-24-23(46-24)12-13-26(37)43-18;14-10-1-2-11(12(15)3-10)13(22,4-20-8-16-6-18-20)5-21-9-17-7-19-21;5-2-1-7-4(9)8-3(2)6/h3-9,11-13,18-25,27-30,32,35-36,38-39,42H,10,14-17,34H2,1-2H3,(H,40,41);1-3,6-9,22H,4-5H2;1H,(H3,6,7,8,9)/b4-3+,7-5+,8-6+,11-9+,13-12+;;/t18-,19-,20+,21+,22+,23-,24-,25+,27-,28+,29-,30+,32+,33-;;/m1../s1. The molecule has 4 aliphatic rings. The summed E-state index contributed by atoms with van der Waals surface area (Å²) in [5, 5.41) is 82.7. The smallest absolute Gasteiger partial charge is 0.346 e. The van der Waals surface area contributed by atoms with Crippen molar-refractivity contribution >= 4 is 17.8 Å². The maximum Gasteiger partial charge on any atom is 0.346 e. The number of H-pyrrole nitrogens is 1. The largest absolute Gasteiger partial charge is 0.481 e. The van der Waals surface area contributed by atoms with Gasteiger partial charge < -0.3 is 70.9 Å². The van der Waals surface area contributed by atoms with Gasteiger partial charge in [-0.25, -0.2) is 42.1 Å². The van der Waals surface area contributed by atoms with E-state index in [1.165, 1.54) is 52.9 Å². The molecule has 0 radical (unpaired) electrons. The van der Waals surface area contributed by atoms with Crippen LogP contribution in [-0.4, -0.2) is 166 Å². The van der Waals surface area contributed by atoms with Gasteiger partial charge in [0.25, 0.3) is 0 Å². The minimum Gasteiger partial charge on any atom is -0.481 e. The summed E-state index contributed by atoms with van der Waals surface area (Å²) < 4.78 is 70.6. The predicted octanol–water partition coefficient (Wildman–Crippen LogP) is 0.347. The van der Waals surface area contributed by atoms with Crippen LogP contribution in [-0.2, 0) is 52.0 Å².